The lowest BCUT2D eigenvalue weighted by molar-refractivity contribution is -0.149. The van der Waals surface area contributed by atoms with Crippen molar-refractivity contribution < 1.29 is 23.9 Å². The van der Waals surface area contributed by atoms with Crippen LogP contribution in [0.4, 0.5) is 0 Å². The molecule has 1 aromatic heterocycles. The summed E-state index contributed by atoms with van der Waals surface area (Å²) in [7, 11) is 1.57. The Balaban J connectivity index is 1.35. The van der Waals surface area contributed by atoms with Crippen molar-refractivity contribution in [2.45, 2.75) is 50.4 Å². The number of likely N-dealkylation sites (tertiary alicyclic amines) is 1. The molecule has 0 bridgehead atoms. The lowest BCUT2D eigenvalue weighted by Crippen LogP contribution is -2.60. The number of amides is 3. The molecule has 3 aliphatic rings. The van der Waals surface area contributed by atoms with Crippen molar-refractivity contribution in [2.24, 2.45) is 5.92 Å². The lowest BCUT2D eigenvalue weighted by Gasteiger charge is -2.45. The fourth-order valence-electron chi connectivity index (χ4n) is 5.23. The number of rotatable bonds is 6. The van der Waals surface area contributed by atoms with Gasteiger partial charge in [0.15, 0.2) is 0 Å². The molecule has 1 saturated carbocycles. The molecular weight excluding hydrogens is 460 g/mol. The van der Waals surface area contributed by atoms with Gasteiger partial charge in [-0.25, -0.2) is 0 Å². The van der Waals surface area contributed by atoms with E-state index in [1.54, 1.807) is 42.5 Å². The molecule has 1 N–H and O–H groups in total. The second-order valence-corrected chi connectivity index (χ2v) is 9.67. The van der Waals surface area contributed by atoms with Crippen LogP contribution in [0.15, 0.2) is 48.7 Å². The lowest BCUT2D eigenvalue weighted by atomic mass is 9.83. The van der Waals surface area contributed by atoms with Crippen LogP contribution >= 0.6 is 0 Å². The molecule has 9 heteroatoms. The Morgan fingerprint density at radius 2 is 1.86 bits per heavy atom. The number of carbonyl (C=O) groups excluding carboxylic acids is 3. The highest BCUT2D eigenvalue weighted by Crippen LogP contribution is 2.40. The minimum atomic E-state index is -0.930. The van der Waals surface area contributed by atoms with E-state index in [1.165, 1.54) is 0 Å². The molecule has 2 aliphatic heterocycles. The Morgan fingerprint density at radius 3 is 2.47 bits per heavy atom. The second kappa shape index (κ2) is 10.3. The van der Waals surface area contributed by atoms with Crippen LogP contribution in [0.2, 0.25) is 0 Å². The Labute approximate surface area is 210 Å². The topological polar surface area (TPSA) is 101 Å². The molecule has 3 amide bonds. The van der Waals surface area contributed by atoms with E-state index in [2.05, 4.69) is 10.3 Å². The van der Waals surface area contributed by atoms with Gasteiger partial charge in [0.25, 0.3) is 5.91 Å². The Hall–Kier alpha value is -3.46. The molecule has 2 aromatic rings. The van der Waals surface area contributed by atoms with Crippen molar-refractivity contribution in [3.63, 3.8) is 0 Å². The van der Waals surface area contributed by atoms with Gasteiger partial charge < -0.3 is 19.7 Å². The number of hydrogen-bond donors (Lipinski definition) is 1. The summed E-state index contributed by atoms with van der Waals surface area (Å²) in [4.78, 5) is 47.7. The number of carbonyl (C=O) groups is 3. The number of piperidine rings is 1. The van der Waals surface area contributed by atoms with Crippen LogP contribution in [0.1, 0.15) is 48.2 Å². The first-order chi connectivity index (χ1) is 17.5. The minimum absolute atomic E-state index is 0.104. The van der Waals surface area contributed by atoms with Gasteiger partial charge in [-0.15, -0.1) is 0 Å². The van der Waals surface area contributed by atoms with E-state index < -0.39 is 11.8 Å². The number of aromatic nitrogens is 1. The molecule has 1 aliphatic carbocycles. The van der Waals surface area contributed by atoms with E-state index in [9.17, 15) is 14.4 Å². The number of nitrogens with zero attached hydrogens (tertiary/aromatic N) is 3. The fourth-order valence-corrected chi connectivity index (χ4v) is 5.23. The zero-order valence-corrected chi connectivity index (χ0v) is 20.5. The molecule has 3 heterocycles. The molecule has 1 atom stereocenters. The average Bonchev–Trinajstić information content (AvgIpc) is 3.25. The van der Waals surface area contributed by atoms with E-state index in [1.807, 2.05) is 23.1 Å². The molecule has 0 unspecified atom stereocenters. The minimum Gasteiger partial charge on any atom is -0.497 e. The zero-order chi connectivity index (χ0) is 25.1. The van der Waals surface area contributed by atoms with Gasteiger partial charge in [-0.1, -0.05) is 12.5 Å². The van der Waals surface area contributed by atoms with Crippen molar-refractivity contribution in [3.8, 4) is 5.75 Å². The highest BCUT2D eigenvalue weighted by molar-refractivity contribution is 5.98. The molecular formula is C27H32N4O5. The number of hydrogen-bond acceptors (Lipinski definition) is 6. The van der Waals surface area contributed by atoms with E-state index in [-0.39, 0.29) is 36.8 Å². The molecule has 9 nitrogen and oxygen atoms in total. The zero-order valence-electron chi connectivity index (χ0n) is 20.5. The van der Waals surface area contributed by atoms with E-state index >= 15 is 0 Å². The second-order valence-electron chi connectivity index (χ2n) is 9.67. The predicted octanol–water partition coefficient (Wildman–Crippen LogP) is 2.37. The number of methoxy groups -OCH3 is 1. The molecule has 3 fully saturated rings. The van der Waals surface area contributed by atoms with Gasteiger partial charge in [-0.2, -0.15) is 0 Å². The third-order valence-electron chi connectivity index (χ3n) is 7.60. The number of pyridine rings is 1. The number of nitrogens with one attached hydrogen (secondary N) is 1. The maximum absolute atomic E-state index is 13.8. The molecule has 190 valence electrons. The molecule has 1 spiro atoms. The van der Waals surface area contributed by atoms with Gasteiger partial charge in [-0.05, 0) is 49.2 Å². The maximum atomic E-state index is 13.8. The van der Waals surface area contributed by atoms with Crippen LogP contribution in [0.25, 0.3) is 0 Å². The molecule has 5 rings (SSSR count). The van der Waals surface area contributed by atoms with E-state index in [4.69, 9.17) is 9.47 Å². The predicted molar refractivity (Wildman–Crippen MR) is 131 cm³/mol. The van der Waals surface area contributed by atoms with Gasteiger partial charge in [0.2, 0.25) is 11.8 Å². The highest BCUT2D eigenvalue weighted by atomic mass is 16.5. The van der Waals surface area contributed by atoms with Crippen molar-refractivity contribution in [2.75, 3.05) is 26.8 Å². The average molecular weight is 493 g/mol. The van der Waals surface area contributed by atoms with E-state index in [0.29, 0.717) is 37.2 Å². The van der Waals surface area contributed by atoms with Crippen LogP contribution < -0.4 is 10.1 Å². The smallest absolute Gasteiger partial charge is 0.256 e. The molecule has 36 heavy (non-hydrogen) atoms. The summed E-state index contributed by atoms with van der Waals surface area (Å²) >= 11 is 0. The largest absolute Gasteiger partial charge is 0.497 e. The standard InChI is InChI=1S/C27H32N4O5/c1-35-22-10-8-20(9-11-22)26(34)31-23(24(32)29-17-21-7-2-3-14-28-21)18-36-27(31)12-15-30(16-13-27)25(33)19-5-4-6-19/h2-3,7-11,14,19,23H,4-6,12-13,15-18H2,1H3,(H,29,32)/t23-/m1/s1. The van der Waals surface area contributed by atoms with Crippen molar-refractivity contribution in [1.82, 2.24) is 20.1 Å². The molecule has 1 aromatic carbocycles. The molecule has 0 radical (unpaired) electrons. The summed E-state index contributed by atoms with van der Waals surface area (Å²) in [6, 6.07) is 11.6. The number of benzene rings is 1. The van der Waals surface area contributed by atoms with Crippen molar-refractivity contribution in [1.29, 1.82) is 0 Å². The third kappa shape index (κ3) is 4.67. The number of ether oxygens (including phenoxy) is 2. The first kappa shape index (κ1) is 24.2. The summed E-state index contributed by atoms with van der Waals surface area (Å²) in [5.74, 6) is 0.420. The van der Waals surface area contributed by atoms with Gasteiger partial charge >= 0.3 is 0 Å². The van der Waals surface area contributed by atoms with Gasteiger partial charge in [0.05, 0.1) is 26.0 Å². The van der Waals surface area contributed by atoms with Gasteiger partial charge in [0.1, 0.15) is 17.5 Å². The van der Waals surface area contributed by atoms with Crippen molar-refractivity contribution >= 4 is 17.7 Å². The van der Waals surface area contributed by atoms with Crippen LogP contribution in [-0.4, -0.2) is 71.1 Å². The van der Waals surface area contributed by atoms with Gasteiger partial charge in [0, 0.05) is 43.6 Å². The summed E-state index contributed by atoms with van der Waals surface area (Å²) in [6.45, 7) is 1.37. The van der Waals surface area contributed by atoms with Crippen LogP contribution in [0, 0.1) is 5.92 Å². The SMILES string of the molecule is COc1ccc(C(=O)N2[C@@H](C(=O)NCc3ccccn3)COC23CCN(C(=O)C2CCC2)CC3)cc1. The van der Waals surface area contributed by atoms with Crippen molar-refractivity contribution in [3.05, 3.63) is 59.9 Å². The van der Waals surface area contributed by atoms with Crippen LogP contribution in [-0.2, 0) is 20.9 Å². The third-order valence-corrected chi connectivity index (χ3v) is 7.60. The monoisotopic (exact) mass is 492 g/mol. The van der Waals surface area contributed by atoms with Gasteiger partial charge in [-0.3, -0.25) is 24.3 Å². The normalized spacial score (nSPS) is 21.2. The summed E-state index contributed by atoms with van der Waals surface area (Å²) in [6.07, 6.45) is 5.63. The fraction of sp³-hybridized carbons (Fsp3) is 0.481. The maximum Gasteiger partial charge on any atom is 0.256 e. The Kier molecular flexibility index (Phi) is 6.91. The highest BCUT2D eigenvalue weighted by Gasteiger charge is 2.54. The summed E-state index contributed by atoms with van der Waals surface area (Å²) < 4.78 is 11.5. The first-order valence-electron chi connectivity index (χ1n) is 12.6. The molecule has 2 saturated heterocycles. The quantitative estimate of drug-likeness (QED) is 0.665. The van der Waals surface area contributed by atoms with Crippen LogP contribution in [0.3, 0.4) is 0 Å². The van der Waals surface area contributed by atoms with Crippen LogP contribution in [0.5, 0.6) is 5.75 Å². The summed E-state index contributed by atoms with van der Waals surface area (Å²) in [5.41, 5.74) is 0.256. The van der Waals surface area contributed by atoms with E-state index in [0.717, 1.165) is 25.0 Å². The Morgan fingerprint density at radius 1 is 1.11 bits per heavy atom. The Bertz CT molecular complexity index is 1090. The summed E-state index contributed by atoms with van der Waals surface area (Å²) in [5, 5.41) is 2.91. The first-order valence-corrected chi connectivity index (χ1v) is 12.6.